The van der Waals surface area contributed by atoms with Crippen LogP contribution in [0.25, 0.3) is 22.2 Å². The zero-order valence-corrected chi connectivity index (χ0v) is 14.3. The molecule has 0 saturated carbocycles. The van der Waals surface area contributed by atoms with Crippen LogP contribution in [0.2, 0.25) is 13.1 Å². The molecule has 106 valence electrons. The highest BCUT2D eigenvalue weighted by Crippen LogP contribution is 2.44. The molecular formula is C18H18ClNSi. The highest BCUT2D eigenvalue weighted by atomic mass is 35.6. The number of benzene rings is 2. The number of hydrogen-bond donors (Lipinski definition) is 0. The van der Waals surface area contributed by atoms with E-state index in [1.54, 1.807) is 0 Å². The molecule has 21 heavy (non-hydrogen) atoms. The van der Waals surface area contributed by atoms with Crippen molar-refractivity contribution in [3.63, 3.8) is 0 Å². The minimum atomic E-state index is -2.00. The average Bonchev–Trinajstić information content (AvgIpc) is 2.92. The first kappa shape index (κ1) is 13.2. The molecule has 1 nitrogen and oxygen atoms in total. The molecule has 0 fully saturated rings. The van der Waals surface area contributed by atoms with Gasteiger partial charge in [-0.25, -0.2) is 0 Å². The Kier molecular flexibility index (Phi) is 2.66. The maximum atomic E-state index is 6.87. The van der Waals surface area contributed by atoms with E-state index in [-0.39, 0.29) is 0 Å². The highest BCUT2D eigenvalue weighted by molar-refractivity contribution is 7.18. The Morgan fingerprint density at radius 3 is 2.62 bits per heavy atom. The third kappa shape index (κ3) is 1.82. The topological polar surface area (TPSA) is 4.93 Å². The van der Waals surface area contributed by atoms with E-state index in [9.17, 15) is 0 Å². The fraction of sp³-hybridized carbons (Fsp3) is 0.222. The quantitative estimate of drug-likeness (QED) is 0.331. The number of rotatable bonds is 1. The SMILES string of the molecule is Cc1ccc2c(c1)c1c(n2[Si](C)(C)Cl)-c2ccccc2C1. The van der Waals surface area contributed by atoms with Crippen molar-refractivity contribution in [2.45, 2.75) is 26.4 Å². The van der Waals surface area contributed by atoms with Gasteiger partial charge in [-0.05, 0) is 43.3 Å². The summed E-state index contributed by atoms with van der Waals surface area (Å²) in [6.45, 7) is 6.57. The van der Waals surface area contributed by atoms with Gasteiger partial charge < -0.3 is 4.23 Å². The van der Waals surface area contributed by atoms with Crippen molar-refractivity contribution < 1.29 is 0 Å². The first-order valence-corrected chi connectivity index (χ1v) is 11.3. The van der Waals surface area contributed by atoms with Crippen LogP contribution in [0.1, 0.15) is 16.7 Å². The van der Waals surface area contributed by atoms with Gasteiger partial charge in [0.1, 0.15) is 0 Å². The van der Waals surface area contributed by atoms with Crippen LogP contribution in [-0.4, -0.2) is 11.8 Å². The third-order valence-corrected chi connectivity index (χ3v) is 6.43. The number of aromatic nitrogens is 1. The fourth-order valence-corrected chi connectivity index (χ4v) is 5.66. The lowest BCUT2D eigenvalue weighted by Gasteiger charge is -2.21. The highest BCUT2D eigenvalue weighted by Gasteiger charge is 2.33. The Labute approximate surface area is 131 Å². The van der Waals surface area contributed by atoms with Crippen LogP contribution in [0.15, 0.2) is 42.5 Å². The van der Waals surface area contributed by atoms with Gasteiger partial charge in [0.05, 0.1) is 0 Å². The zero-order chi connectivity index (χ0) is 14.8. The molecule has 0 bridgehead atoms. The zero-order valence-electron chi connectivity index (χ0n) is 12.6. The van der Waals surface area contributed by atoms with E-state index in [0.29, 0.717) is 0 Å². The summed E-state index contributed by atoms with van der Waals surface area (Å²) in [7, 11) is -2.00. The summed E-state index contributed by atoms with van der Waals surface area (Å²) in [5.41, 5.74) is 8.21. The van der Waals surface area contributed by atoms with Gasteiger partial charge in [0.2, 0.25) is 0 Å². The van der Waals surface area contributed by atoms with Gasteiger partial charge in [-0.2, -0.15) is 0 Å². The molecule has 1 heterocycles. The molecule has 1 aliphatic carbocycles. The summed E-state index contributed by atoms with van der Waals surface area (Å²) in [6, 6.07) is 15.5. The molecule has 0 saturated heterocycles. The molecule has 0 aliphatic heterocycles. The van der Waals surface area contributed by atoms with Crippen LogP contribution in [0.5, 0.6) is 0 Å². The van der Waals surface area contributed by atoms with E-state index in [1.165, 1.54) is 38.9 Å². The maximum Gasteiger partial charge on any atom is 0.254 e. The Morgan fingerprint density at radius 1 is 1.10 bits per heavy atom. The molecule has 0 N–H and O–H groups in total. The van der Waals surface area contributed by atoms with Crippen molar-refractivity contribution in [1.29, 1.82) is 0 Å². The normalized spacial score (nSPS) is 13.5. The molecule has 3 heteroatoms. The van der Waals surface area contributed by atoms with E-state index in [1.807, 2.05) is 0 Å². The van der Waals surface area contributed by atoms with Crippen LogP contribution in [0.3, 0.4) is 0 Å². The van der Waals surface area contributed by atoms with E-state index in [0.717, 1.165) is 6.42 Å². The van der Waals surface area contributed by atoms with E-state index in [2.05, 4.69) is 66.7 Å². The molecule has 0 unspecified atom stereocenters. The molecule has 1 aromatic heterocycles. The molecule has 4 rings (SSSR count). The standard InChI is InChI=1S/C18H18ClNSi/c1-12-8-9-17-15(10-12)16-11-13-6-4-5-7-14(13)18(16)20(17)21(2,3)19/h4-10H,11H2,1-3H3. The van der Waals surface area contributed by atoms with E-state index in [4.69, 9.17) is 11.1 Å². The van der Waals surface area contributed by atoms with Crippen molar-refractivity contribution in [2.75, 3.05) is 0 Å². The van der Waals surface area contributed by atoms with Gasteiger partial charge in [0.15, 0.2) is 0 Å². The van der Waals surface area contributed by atoms with Gasteiger partial charge in [-0.3, -0.25) is 0 Å². The van der Waals surface area contributed by atoms with Crippen molar-refractivity contribution in [2.24, 2.45) is 0 Å². The molecule has 1 aliphatic rings. The number of hydrogen-bond acceptors (Lipinski definition) is 0. The van der Waals surface area contributed by atoms with Crippen molar-refractivity contribution in [3.8, 4) is 11.3 Å². The Morgan fingerprint density at radius 2 is 1.86 bits per heavy atom. The van der Waals surface area contributed by atoms with Crippen LogP contribution in [-0.2, 0) is 6.42 Å². The van der Waals surface area contributed by atoms with Crippen LogP contribution in [0.4, 0.5) is 0 Å². The minimum Gasteiger partial charge on any atom is -0.354 e. The number of nitrogens with zero attached hydrogens (tertiary/aromatic N) is 1. The van der Waals surface area contributed by atoms with E-state index >= 15 is 0 Å². The second-order valence-corrected chi connectivity index (χ2v) is 12.5. The average molecular weight is 312 g/mol. The van der Waals surface area contributed by atoms with Crippen molar-refractivity contribution in [1.82, 2.24) is 4.23 Å². The van der Waals surface area contributed by atoms with Gasteiger partial charge in [0.25, 0.3) is 7.55 Å². The molecule has 0 radical (unpaired) electrons. The Hall–Kier alpha value is -1.51. The van der Waals surface area contributed by atoms with Crippen molar-refractivity contribution in [3.05, 3.63) is 59.2 Å². The van der Waals surface area contributed by atoms with Crippen molar-refractivity contribution >= 4 is 29.5 Å². The first-order valence-electron chi connectivity index (χ1n) is 7.38. The number of fused-ring (bicyclic) bond motifs is 5. The summed E-state index contributed by atoms with van der Waals surface area (Å²) in [6.07, 6.45) is 1.03. The minimum absolute atomic E-state index is 1.03. The summed E-state index contributed by atoms with van der Waals surface area (Å²) in [5.74, 6) is 0. The molecular weight excluding hydrogens is 294 g/mol. The summed E-state index contributed by atoms with van der Waals surface area (Å²) in [5, 5.41) is 1.38. The van der Waals surface area contributed by atoms with Gasteiger partial charge in [0, 0.05) is 28.6 Å². The largest absolute Gasteiger partial charge is 0.354 e. The second-order valence-electron chi connectivity index (χ2n) is 6.43. The van der Waals surface area contributed by atoms with E-state index < -0.39 is 7.55 Å². The molecule has 2 aromatic carbocycles. The summed E-state index contributed by atoms with van der Waals surface area (Å²) in [4.78, 5) is 0. The van der Waals surface area contributed by atoms with Gasteiger partial charge in [-0.1, -0.05) is 35.9 Å². The number of aryl methyl sites for hydroxylation is 1. The maximum absolute atomic E-state index is 6.87. The molecule has 0 atom stereocenters. The predicted octanol–water partition coefficient (Wildman–Crippen LogP) is 5.31. The smallest absolute Gasteiger partial charge is 0.254 e. The molecule has 3 aromatic rings. The monoisotopic (exact) mass is 311 g/mol. The number of halogens is 1. The molecule has 0 spiro atoms. The predicted molar refractivity (Wildman–Crippen MR) is 93.7 cm³/mol. The Bertz CT molecular complexity index is 871. The Balaban J connectivity index is 2.18. The van der Waals surface area contributed by atoms with Crippen LogP contribution >= 0.6 is 11.1 Å². The lowest BCUT2D eigenvalue weighted by atomic mass is 10.1. The van der Waals surface area contributed by atoms with Crippen LogP contribution < -0.4 is 0 Å². The summed E-state index contributed by atoms with van der Waals surface area (Å²) < 4.78 is 2.44. The van der Waals surface area contributed by atoms with Gasteiger partial charge >= 0.3 is 0 Å². The molecule has 0 amide bonds. The first-order chi connectivity index (χ1) is 9.97. The van der Waals surface area contributed by atoms with Crippen LogP contribution in [0, 0.1) is 6.92 Å². The summed E-state index contributed by atoms with van der Waals surface area (Å²) >= 11 is 6.87. The van der Waals surface area contributed by atoms with Gasteiger partial charge in [-0.15, -0.1) is 11.1 Å². The second kappa shape index (κ2) is 4.25. The lowest BCUT2D eigenvalue weighted by Crippen LogP contribution is -2.29. The lowest BCUT2D eigenvalue weighted by molar-refractivity contribution is 1.24. The third-order valence-electron chi connectivity index (χ3n) is 4.40. The fourth-order valence-electron chi connectivity index (χ4n) is 3.58.